The van der Waals surface area contributed by atoms with Gasteiger partial charge in [0.25, 0.3) is 0 Å². The highest BCUT2D eigenvalue weighted by Crippen LogP contribution is 1.87. The van der Waals surface area contributed by atoms with Gasteiger partial charge in [0.1, 0.15) is 0 Å². The Morgan fingerprint density at radius 2 is 1.80 bits per heavy atom. The van der Waals surface area contributed by atoms with Gasteiger partial charge in [-0.2, -0.15) is 0 Å². The van der Waals surface area contributed by atoms with Gasteiger partial charge in [-0.15, -0.1) is 0 Å². The fourth-order valence-corrected chi connectivity index (χ4v) is 1.18. The molecule has 10 heavy (non-hydrogen) atoms. The Bertz CT molecular complexity index is 99.8. The average molecular weight is 160 g/mol. The first-order chi connectivity index (χ1) is 4.76. The lowest BCUT2D eigenvalue weighted by Gasteiger charge is -2.21. The maximum absolute atomic E-state index is 5.09. The van der Waals surface area contributed by atoms with Crippen LogP contribution in [-0.4, -0.2) is 29.6 Å². The van der Waals surface area contributed by atoms with Crippen molar-refractivity contribution in [3.63, 3.8) is 0 Å². The molecule has 0 unspecified atom stereocenters. The van der Waals surface area contributed by atoms with E-state index in [4.69, 9.17) is 12.2 Å². The summed E-state index contributed by atoms with van der Waals surface area (Å²) in [6.45, 7) is 9.15. The maximum Gasteiger partial charge on any atom is 0.168 e. The molecule has 0 atom stereocenters. The van der Waals surface area contributed by atoms with Crippen LogP contribution in [-0.2, 0) is 0 Å². The highest BCUT2D eigenvalue weighted by Gasteiger charge is 2.00. The number of rotatable bonds is 3. The minimum atomic E-state index is 0.868. The summed E-state index contributed by atoms with van der Waals surface area (Å²) in [4.78, 5) is 2.12. The fraction of sp³-hybridized carbons (Fsp3) is 0.857. The molecular weight excluding hydrogens is 144 g/mol. The highest BCUT2D eigenvalue weighted by atomic mass is 32.1. The van der Waals surface area contributed by atoms with Crippen LogP contribution in [0.25, 0.3) is 0 Å². The van der Waals surface area contributed by atoms with Gasteiger partial charge < -0.3 is 10.2 Å². The van der Waals surface area contributed by atoms with Crippen LogP contribution < -0.4 is 5.32 Å². The molecule has 0 aromatic carbocycles. The Morgan fingerprint density at radius 3 is 2.10 bits per heavy atom. The first kappa shape index (κ1) is 9.69. The van der Waals surface area contributed by atoms with Crippen LogP contribution in [0.3, 0.4) is 0 Å². The first-order valence-corrected chi connectivity index (χ1v) is 4.19. The van der Waals surface area contributed by atoms with Crippen LogP contribution in [0.5, 0.6) is 0 Å². The van der Waals surface area contributed by atoms with Crippen molar-refractivity contribution in [3.05, 3.63) is 0 Å². The summed E-state index contributed by atoms with van der Waals surface area (Å²) in [5.74, 6) is 0. The summed E-state index contributed by atoms with van der Waals surface area (Å²) in [5, 5.41) is 3.97. The predicted molar refractivity (Wildman–Crippen MR) is 49.2 cm³/mol. The first-order valence-electron chi connectivity index (χ1n) is 3.79. The zero-order valence-electron chi connectivity index (χ0n) is 6.98. The SMILES string of the molecule is CCNC(=S)N(CC)CC. The van der Waals surface area contributed by atoms with Crippen molar-refractivity contribution < 1.29 is 0 Å². The van der Waals surface area contributed by atoms with E-state index >= 15 is 0 Å². The van der Waals surface area contributed by atoms with E-state index in [2.05, 4.69) is 31.0 Å². The van der Waals surface area contributed by atoms with Crippen LogP contribution in [0, 0.1) is 0 Å². The molecule has 60 valence electrons. The fourth-order valence-electron chi connectivity index (χ4n) is 0.774. The number of hydrogen-bond acceptors (Lipinski definition) is 1. The molecule has 0 heterocycles. The van der Waals surface area contributed by atoms with Crippen LogP contribution in [0.1, 0.15) is 20.8 Å². The largest absolute Gasteiger partial charge is 0.363 e. The molecule has 0 aromatic rings. The van der Waals surface area contributed by atoms with Gasteiger partial charge >= 0.3 is 0 Å². The Balaban J connectivity index is 3.65. The van der Waals surface area contributed by atoms with Gasteiger partial charge in [-0.25, -0.2) is 0 Å². The Labute approximate surface area is 68.6 Å². The predicted octanol–water partition coefficient (Wildman–Crippen LogP) is 1.22. The maximum atomic E-state index is 5.09. The topological polar surface area (TPSA) is 15.3 Å². The van der Waals surface area contributed by atoms with Gasteiger partial charge in [0.2, 0.25) is 0 Å². The van der Waals surface area contributed by atoms with Gasteiger partial charge in [0.15, 0.2) is 5.11 Å². The van der Waals surface area contributed by atoms with Crippen molar-refractivity contribution >= 4 is 17.3 Å². The van der Waals surface area contributed by atoms with Gasteiger partial charge in [0.05, 0.1) is 0 Å². The Morgan fingerprint density at radius 1 is 1.30 bits per heavy atom. The summed E-state index contributed by atoms with van der Waals surface area (Å²) < 4.78 is 0. The summed E-state index contributed by atoms with van der Waals surface area (Å²) in [7, 11) is 0. The monoisotopic (exact) mass is 160 g/mol. The summed E-state index contributed by atoms with van der Waals surface area (Å²) in [6.07, 6.45) is 0. The van der Waals surface area contributed by atoms with E-state index in [-0.39, 0.29) is 0 Å². The summed E-state index contributed by atoms with van der Waals surface area (Å²) >= 11 is 5.09. The number of hydrogen-bond donors (Lipinski definition) is 1. The highest BCUT2D eigenvalue weighted by molar-refractivity contribution is 7.80. The summed E-state index contributed by atoms with van der Waals surface area (Å²) in [6, 6.07) is 0. The van der Waals surface area contributed by atoms with Gasteiger partial charge in [0, 0.05) is 19.6 Å². The Hall–Kier alpha value is -0.310. The third-order valence-corrected chi connectivity index (χ3v) is 1.78. The van der Waals surface area contributed by atoms with Crippen molar-refractivity contribution in [2.75, 3.05) is 19.6 Å². The molecule has 0 saturated carbocycles. The third-order valence-electron chi connectivity index (χ3n) is 1.38. The van der Waals surface area contributed by atoms with Crippen molar-refractivity contribution in [3.8, 4) is 0 Å². The van der Waals surface area contributed by atoms with Gasteiger partial charge in [-0.05, 0) is 33.0 Å². The standard InChI is InChI=1S/C7H16N2S/c1-4-8-7(10)9(5-2)6-3/h4-6H2,1-3H3,(H,8,10). The molecule has 0 aliphatic heterocycles. The second-order valence-electron chi connectivity index (χ2n) is 2.01. The zero-order chi connectivity index (χ0) is 7.98. The lowest BCUT2D eigenvalue weighted by molar-refractivity contribution is 0.457. The Kier molecular flexibility index (Phi) is 5.30. The molecule has 2 nitrogen and oxygen atoms in total. The summed E-state index contributed by atoms with van der Waals surface area (Å²) in [5.41, 5.74) is 0. The smallest absolute Gasteiger partial charge is 0.168 e. The van der Waals surface area contributed by atoms with Crippen molar-refractivity contribution in [1.29, 1.82) is 0 Å². The van der Waals surface area contributed by atoms with Gasteiger partial charge in [-0.1, -0.05) is 0 Å². The van der Waals surface area contributed by atoms with E-state index in [0.717, 1.165) is 24.7 Å². The minimum absolute atomic E-state index is 0.868. The molecule has 0 aromatic heterocycles. The lowest BCUT2D eigenvalue weighted by Crippen LogP contribution is -2.39. The van der Waals surface area contributed by atoms with Crippen LogP contribution in [0.2, 0.25) is 0 Å². The molecule has 0 spiro atoms. The second-order valence-corrected chi connectivity index (χ2v) is 2.39. The lowest BCUT2D eigenvalue weighted by atomic mass is 10.5. The zero-order valence-corrected chi connectivity index (χ0v) is 7.79. The number of nitrogens with zero attached hydrogens (tertiary/aromatic N) is 1. The van der Waals surface area contributed by atoms with Crippen LogP contribution in [0.15, 0.2) is 0 Å². The molecule has 1 N–H and O–H groups in total. The van der Waals surface area contributed by atoms with Crippen molar-refractivity contribution in [2.24, 2.45) is 0 Å². The molecule has 0 radical (unpaired) electrons. The normalized spacial score (nSPS) is 9.10. The molecular formula is C7H16N2S. The van der Waals surface area contributed by atoms with E-state index < -0.39 is 0 Å². The molecule has 0 fully saturated rings. The average Bonchev–Trinajstić information content (AvgIpc) is 1.91. The van der Waals surface area contributed by atoms with Crippen molar-refractivity contribution in [1.82, 2.24) is 10.2 Å². The van der Waals surface area contributed by atoms with Crippen LogP contribution in [0.4, 0.5) is 0 Å². The third kappa shape index (κ3) is 3.01. The van der Waals surface area contributed by atoms with E-state index in [1.807, 2.05) is 0 Å². The second kappa shape index (κ2) is 5.47. The molecule has 3 heteroatoms. The van der Waals surface area contributed by atoms with E-state index in [0.29, 0.717) is 0 Å². The van der Waals surface area contributed by atoms with Gasteiger partial charge in [-0.3, -0.25) is 0 Å². The van der Waals surface area contributed by atoms with E-state index in [1.54, 1.807) is 0 Å². The quantitative estimate of drug-likeness (QED) is 0.625. The molecule has 0 rings (SSSR count). The number of thiocarbonyl (C=S) groups is 1. The molecule has 0 amide bonds. The molecule has 0 saturated heterocycles. The molecule has 0 aliphatic carbocycles. The van der Waals surface area contributed by atoms with Crippen LogP contribution >= 0.6 is 12.2 Å². The van der Waals surface area contributed by atoms with E-state index in [1.165, 1.54) is 0 Å². The van der Waals surface area contributed by atoms with Crippen molar-refractivity contribution in [2.45, 2.75) is 20.8 Å². The molecule has 0 aliphatic rings. The minimum Gasteiger partial charge on any atom is -0.363 e. The van der Waals surface area contributed by atoms with E-state index in [9.17, 15) is 0 Å². The number of nitrogens with one attached hydrogen (secondary N) is 1. The molecule has 0 bridgehead atoms.